The summed E-state index contributed by atoms with van der Waals surface area (Å²) in [5, 5.41) is 0. The number of nitrogens with two attached hydrogens (primary N) is 1. The first-order valence-corrected chi connectivity index (χ1v) is 7.15. The van der Waals surface area contributed by atoms with Crippen LogP contribution in [0.3, 0.4) is 0 Å². The molecule has 0 saturated carbocycles. The predicted octanol–water partition coefficient (Wildman–Crippen LogP) is 3.71. The molecular formula is C13H19BrN2S. The van der Waals surface area contributed by atoms with Crippen molar-refractivity contribution >= 4 is 38.8 Å². The summed E-state index contributed by atoms with van der Waals surface area (Å²) in [6, 6.07) is 6.08. The molecule has 17 heavy (non-hydrogen) atoms. The van der Waals surface area contributed by atoms with Crippen LogP contribution in [0.1, 0.15) is 32.3 Å². The Morgan fingerprint density at radius 3 is 2.65 bits per heavy atom. The highest BCUT2D eigenvalue weighted by Gasteiger charge is 2.13. The van der Waals surface area contributed by atoms with Crippen molar-refractivity contribution < 1.29 is 0 Å². The van der Waals surface area contributed by atoms with Crippen LogP contribution in [0.2, 0.25) is 0 Å². The van der Waals surface area contributed by atoms with E-state index in [1.165, 1.54) is 12.8 Å². The molecule has 0 aromatic heterocycles. The normalized spacial score (nSPS) is 10.3. The Morgan fingerprint density at radius 2 is 2.12 bits per heavy atom. The summed E-state index contributed by atoms with van der Waals surface area (Å²) in [6.45, 7) is 6.36. The van der Waals surface area contributed by atoms with Crippen LogP contribution in [0.15, 0.2) is 22.7 Å². The van der Waals surface area contributed by atoms with E-state index < -0.39 is 0 Å². The molecule has 0 aliphatic rings. The zero-order valence-corrected chi connectivity index (χ0v) is 12.8. The Morgan fingerprint density at radius 1 is 1.41 bits per heavy atom. The Labute approximate surface area is 117 Å². The van der Waals surface area contributed by atoms with Gasteiger partial charge in [0.2, 0.25) is 0 Å². The molecule has 2 nitrogen and oxygen atoms in total. The fraction of sp³-hybridized carbons (Fsp3) is 0.462. The van der Waals surface area contributed by atoms with Gasteiger partial charge in [0.25, 0.3) is 0 Å². The molecule has 0 atom stereocenters. The van der Waals surface area contributed by atoms with E-state index in [0.717, 1.165) is 28.8 Å². The standard InChI is InChI=1S/C13H19BrN2S/c1-3-5-9-16(4-2)11-8-6-7-10(14)12(11)13(15)17/h6-8H,3-5,9H2,1-2H3,(H2,15,17). The van der Waals surface area contributed by atoms with Gasteiger partial charge in [-0.2, -0.15) is 0 Å². The molecule has 0 heterocycles. The molecular weight excluding hydrogens is 296 g/mol. The second-order valence-corrected chi connectivity index (χ2v) is 5.23. The van der Waals surface area contributed by atoms with E-state index >= 15 is 0 Å². The fourth-order valence-corrected chi connectivity index (χ4v) is 2.73. The minimum atomic E-state index is 0.447. The zero-order valence-electron chi connectivity index (χ0n) is 10.4. The van der Waals surface area contributed by atoms with Crippen LogP contribution in [-0.2, 0) is 0 Å². The topological polar surface area (TPSA) is 29.3 Å². The van der Waals surface area contributed by atoms with Crippen molar-refractivity contribution in [1.29, 1.82) is 0 Å². The van der Waals surface area contributed by atoms with Gasteiger partial charge in [-0.15, -0.1) is 0 Å². The number of anilines is 1. The molecule has 4 heteroatoms. The SMILES string of the molecule is CCCCN(CC)c1cccc(Br)c1C(N)=S. The van der Waals surface area contributed by atoms with Gasteiger partial charge in [0, 0.05) is 28.8 Å². The fourth-order valence-electron chi connectivity index (χ4n) is 1.82. The van der Waals surface area contributed by atoms with Gasteiger partial charge in [-0.3, -0.25) is 0 Å². The molecule has 1 rings (SSSR count). The summed E-state index contributed by atoms with van der Waals surface area (Å²) in [7, 11) is 0. The minimum absolute atomic E-state index is 0.447. The van der Waals surface area contributed by atoms with Crippen LogP contribution in [0, 0.1) is 0 Å². The Bertz CT molecular complexity index is 393. The number of hydrogen-bond acceptors (Lipinski definition) is 2. The maximum atomic E-state index is 5.81. The first kappa shape index (κ1) is 14.5. The van der Waals surface area contributed by atoms with Crippen LogP contribution >= 0.6 is 28.1 Å². The summed E-state index contributed by atoms with van der Waals surface area (Å²) in [6.07, 6.45) is 2.37. The second kappa shape index (κ2) is 6.97. The van der Waals surface area contributed by atoms with Gasteiger partial charge in [0.15, 0.2) is 0 Å². The summed E-state index contributed by atoms with van der Waals surface area (Å²) >= 11 is 8.66. The van der Waals surface area contributed by atoms with Crippen molar-refractivity contribution in [3.63, 3.8) is 0 Å². The Kier molecular flexibility index (Phi) is 5.92. The molecule has 1 aromatic rings. The Hall–Kier alpha value is -0.610. The smallest absolute Gasteiger partial charge is 0.107 e. The van der Waals surface area contributed by atoms with E-state index in [2.05, 4.69) is 40.7 Å². The number of benzene rings is 1. The average molecular weight is 315 g/mol. The lowest BCUT2D eigenvalue weighted by molar-refractivity contribution is 0.731. The van der Waals surface area contributed by atoms with Crippen LogP contribution < -0.4 is 10.6 Å². The number of nitrogens with zero attached hydrogens (tertiary/aromatic N) is 1. The van der Waals surface area contributed by atoms with Crippen molar-refractivity contribution in [3.8, 4) is 0 Å². The quantitative estimate of drug-likeness (QED) is 0.812. The molecule has 0 saturated heterocycles. The largest absolute Gasteiger partial charge is 0.389 e. The van der Waals surface area contributed by atoms with Crippen LogP contribution in [-0.4, -0.2) is 18.1 Å². The lowest BCUT2D eigenvalue weighted by atomic mass is 10.1. The van der Waals surface area contributed by atoms with Gasteiger partial charge in [-0.1, -0.05) is 31.6 Å². The molecule has 0 unspecified atom stereocenters. The number of unbranched alkanes of at least 4 members (excludes halogenated alkanes) is 1. The van der Waals surface area contributed by atoms with Crippen molar-refractivity contribution in [1.82, 2.24) is 0 Å². The maximum absolute atomic E-state index is 5.81. The molecule has 0 radical (unpaired) electrons. The Balaban J connectivity index is 3.09. The average Bonchev–Trinajstić information content (AvgIpc) is 2.29. The van der Waals surface area contributed by atoms with Crippen LogP contribution in [0.4, 0.5) is 5.69 Å². The number of thiocarbonyl (C=S) groups is 1. The number of halogens is 1. The molecule has 0 amide bonds. The van der Waals surface area contributed by atoms with E-state index in [9.17, 15) is 0 Å². The lowest BCUT2D eigenvalue weighted by Gasteiger charge is -2.26. The van der Waals surface area contributed by atoms with Gasteiger partial charge in [-0.05, 0) is 41.4 Å². The summed E-state index contributed by atoms with van der Waals surface area (Å²) in [5.74, 6) is 0. The van der Waals surface area contributed by atoms with Crippen LogP contribution in [0.5, 0.6) is 0 Å². The zero-order chi connectivity index (χ0) is 12.8. The summed E-state index contributed by atoms with van der Waals surface area (Å²) < 4.78 is 0.970. The third-order valence-electron chi connectivity index (χ3n) is 2.74. The molecule has 0 spiro atoms. The highest BCUT2D eigenvalue weighted by atomic mass is 79.9. The summed E-state index contributed by atoms with van der Waals surface area (Å²) in [5.41, 5.74) is 7.88. The molecule has 0 aliphatic carbocycles. The van der Waals surface area contributed by atoms with Gasteiger partial charge in [0.1, 0.15) is 4.99 Å². The van der Waals surface area contributed by atoms with Crippen molar-refractivity contribution in [2.45, 2.75) is 26.7 Å². The van der Waals surface area contributed by atoms with Crippen molar-refractivity contribution in [2.24, 2.45) is 5.73 Å². The third-order valence-corrected chi connectivity index (χ3v) is 3.61. The van der Waals surface area contributed by atoms with Gasteiger partial charge in [-0.25, -0.2) is 0 Å². The molecule has 0 fully saturated rings. The molecule has 2 N–H and O–H groups in total. The highest BCUT2D eigenvalue weighted by Crippen LogP contribution is 2.28. The van der Waals surface area contributed by atoms with Crippen LogP contribution in [0.25, 0.3) is 0 Å². The summed E-state index contributed by atoms with van der Waals surface area (Å²) in [4.78, 5) is 2.77. The minimum Gasteiger partial charge on any atom is -0.389 e. The van der Waals surface area contributed by atoms with Crippen molar-refractivity contribution in [2.75, 3.05) is 18.0 Å². The first-order chi connectivity index (χ1) is 8.11. The van der Waals surface area contributed by atoms with Gasteiger partial charge >= 0.3 is 0 Å². The highest BCUT2D eigenvalue weighted by molar-refractivity contribution is 9.10. The van der Waals surface area contributed by atoms with Crippen molar-refractivity contribution in [3.05, 3.63) is 28.2 Å². The van der Waals surface area contributed by atoms with E-state index in [1.807, 2.05) is 12.1 Å². The predicted molar refractivity (Wildman–Crippen MR) is 82.8 cm³/mol. The molecule has 0 aliphatic heterocycles. The van der Waals surface area contributed by atoms with E-state index in [0.29, 0.717) is 4.99 Å². The first-order valence-electron chi connectivity index (χ1n) is 5.95. The molecule has 0 bridgehead atoms. The number of rotatable bonds is 6. The monoisotopic (exact) mass is 314 g/mol. The molecule has 94 valence electrons. The molecule has 1 aromatic carbocycles. The van der Waals surface area contributed by atoms with E-state index in [4.69, 9.17) is 18.0 Å². The van der Waals surface area contributed by atoms with E-state index in [-0.39, 0.29) is 0 Å². The number of hydrogen-bond donors (Lipinski definition) is 1. The van der Waals surface area contributed by atoms with E-state index in [1.54, 1.807) is 0 Å². The lowest BCUT2D eigenvalue weighted by Crippen LogP contribution is -2.27. The van der Waals surface area contributed by atoms with Gasteiger partial charge < -0.3 is 10.6 Å². The van der Waals surface area contributed by atoms with Gasteiger partial charge in [0.05, 0.1) is 0 Å². The maximum Gasteiger partial charge on any atom is 0.107 e. The second-order valence-electron chi connectivity index (χ2n) is 3.93. The third kappa shape index (κ3) is 3.68.